The van der Waals surface area contributed by atoms with Crippen LogP contribution in [-0.4, -0.2) is 30.9 Å². The summed E-state index contributed by atoms with van der Waals surface area (Å²) < 4.78 is 0. The van der Waals surface area contributed by atoms with Crippen molar-refractivity contribution in [2.45, 2.75) is 25.3 Å². The van der Waals surface area contributed by atoms with E-state index in [1.54, 1.807) is 6.92 Å². The van der Waals surface area contributed by atoms with Gasteiger partial charge in [0.1, 0.15) is 0 Å². The van der Waals surface area contributed by atoms with Crippen LogP contribution in [0.25, 0.3) is 0 Å². The molecule has 0 aromatic heterocycles. The number of nitrogens with one attached hydrogen (secondary N) is 1. The second-order valence-corrected chi connectivity index (χ2v) is 4.70. The summed E-state index contributed by atoms with van der Waals surface area (Å²) in [6, 6.07) is 10.5. The average Bonchev–Trinajstić information content (AvgIpc) is 2.40. The molecule has 3 heteroatoms. The van der Waals surface area contributed by atoms with Gasteiger partial charge in [-0.25, -0.2) is 0 Å². The Morgan fingerprint density at radius 2 is 1.82 bits per heavy atom. The smallest absolute Gasteiger partial charge is 0.219 e. The Bertz CT molecular complexity index is 380. The van der Waals surface area contributed by atoms with Gasteiger partial charge in [-0.1, -0.05) is 30.3 Å². The Kier molecular flexibility index (Phi) is 3.48. The molecule has 1 saturated heterocycles. The third kappa shape index (κ3) is 2.34. The number of nitrogens with zero attached hydrogens (tertiary/aromatic N) is 1. The lowest BCUT2D eigenvalue weighted by Gasteiger charge is -2.42. The van der Waals surface area contributed by atoms with E-state index in [-0.39, 0.29) is 11.4 Å². The summed E-state index contributed by atoms with van der Waals surface area (Å²) in [4.78, 5) is 13.3. The molecular weight excluding hydrogens is 212 g/mol. The van der Waals surface area contributed by atoms with Gasteiger partial charge in [0.05, 0.1) is 0 Å². The van der Waals surface area contributed by atoms with E-state index in [1.807, 2.05) is 18.0 Å². The molecule has 0 radical (unpaired) electrons. The fourth-order valence-electron chi connectivity index (χ4n) is 2.64. The van der Waals surface area contributed by atoms with Gasteiger partial charge < -0.3 is 10.2 Å². The van der Waals surface area contributed by atoms with Crippen molar-refractivity contribution in [2.24, 2.45) is 0 Å². The monoisotopic (exact) mass is 232 g/mol. The maximum Gasteiger partial charge on any atom is 0.219 e. The zero-order valence-corrected chi connectivity index (χ0v) is 10.6. The maximum atomic E-state index is 11.3. The average molecular weight is 232 g/mol. The second kappa shape index (κ2) is 4.88. The van der Waals surface area contributed by atoms with E-state index in [0.29, 0.717) is 0 Å². The van der Waals surface area contributed by atoms with Crippen LogP contribution in [0.15, 0.2) is 30.3 Å². The lowest BCUT2D eigenvalue weighted by atomic mass is 9.81. The molecule has 1 aromatic carbocycles. The van der Waals surface area contributed by atoms with Crippen LogP contribution >= 0.6 is 0 Å². The molecule has 1 heterocycles. The molecule has 1 aliphatic heterocycles. The van der Waals surface area contributed by atoms with Crippen LogP contribution in [0.3, 0.4) is 0 Å². The maximum absolute atomic E-state index is 11.3. The van der Waals surface area contributed by atoms with Crippen molar-refractivity contribution >= 4 is 5.91 Å². The van der Waals surface area contributed by atoms with E-state index in [1.165, 1.54) is 5.56 Å². The summed E-state index contributed by atoms with van der Waals surface area (Å²) >= 11 is 0. The fraction of sp³-hybridized carbons (Fsp3) is 0.500. The van der Waals surface area contributed by atoms with Crippen LogP contribution in [0.4, 0.5) is 0 Å². The lowest BCUT2D eigenvalue weighted by molar-refractivity contribution is -0.130. The molecule has 0 atom stereocenters. The molecule has 92 valence electrons. The van der Waals surface area contributed by atoms with Gasteiger partial charge >= 0.3 is 0 Å². The minimum Gasteiger partial charge on any atom is -0.343 e. The number of likely N-dealkylation sites (tertiary alicyclic amines) is 1. The summed E-state index contributed by atoms with van der Waals surface area (Å²) in [5, 5.41) is 3.46. The summed E-state index contributed by atoms with van der Waals surface area (Å²) in [5.74, 6) is 0.183. The first-order valence-electron chi connectivity index (χ1n) is 6.18. The summed E-state index contributed by atoms with van der Waals surface area (Å²) in [5.41, 5.74) is 1.36. The molecule has 17 heavy (non-hydrogen) atoms. The third-order valence-corrected chi connectivity index (χ3v) is 3.87. The van der Waals surface area contributed by atoms with Crippen molar-refractivity contribution < 1.29 is 4.79 Å². The molecule has 2 rings (SSSR count). The van der Waals surface area contributed by atoms with Crippen LogP contribution in [0.2, 0.25) is 0 Å². The molecule has 0 saturated carbocycles. The molecule has 1 amide bonds. The number of carbonyl (C=O) groups is 1. The van der Waals surface area contributed by atoms with E-state index in [2.05, 4.69) is 29.6 Å². The van der Waals surface area contributed by atoms with Gasteiger partial charge in [0.2, 0.25) is 5.91 Å². The van der Waals surface area contributed by atoms with Crippen molar-refractivity contribution in [3.05, 3.63) is 35.9 Å². The van der Waals surface area contributed by atoms with Gasteiger partial charge in [-0.15, -0.1) is 0 Å². The number of hydrogen-bond acceptors (Lipinski definition) is 2. The fourth-order valence-corrected chi connectivity index (χ4v) is 2.64. The van der Waals surface area contributed by atoms with Gasteiger partial charge in [-0.2, -0.15) is 0 Å². The molecule has 1 N–H and O–H groups in total. The highest BCUT2D eigenvalue weighted by molar-refractivity contribution is 5.73. The van der Waals surface area contributed by atoms with Crippen molar-refractivity contribution in [3.8, 4) is 0 Å². The predicted octanol–water partition coefficient (Wildman–Crippen LogP) is 1.74. The summed E-state index contributed by atoms with van der Waals surface area (Å²) in [6.45, 7) is 3.32. The second-order valence-electron chi connectivity index (χ2n) is 4.70. The third-order valence-electron chi connectivity index (χ3n) is 3.87. The quantitative estimate of drug-likeness (QED) is 0.842. The Morgan fingerprint density at radius 3 is 2.29 bits per heavy atom. The highest BCUT2D eigenvalue weighted by Gasteiger charge is 2.35. The number of piperidine rings is 1. The van der Waals surface area contributed by atoms with Crippen molar-refractivity contribution in [1.29, 1.82) is 0 Å². The molecule has 1 fully saturated rings. The van der Waals surface area contributed by atoms with Crippen LogP contribution in [0.1, 0.15) is 25.3 Å². The lowest BCUT2D eigenvalue weighted by Crippen LogP contribution is -2.50. The zero-order valence-electron chi connectivity index (χ0n) is 10.6. The zero-order chi connectivity index (χ0) is 12.3. The first kappa shape index (κ1) is 12.1. The van der Waals surface area contributed by atoms with Crippen LogP contribution < -0.4 is 5.32 Å². The molecular formula is C14H20N2O. The largest absolute Gasteiger partial charge is 0.343 e. The first-order chi connectivity index (χ1) is 8.18. The molecule has 0 aliphatic carbocycles. The SMILES string of the molecule is CNC1(c2ccccc2)CCN(C(C)=O)CC1. The topological polar surface area (TPSA) is 32.3 Å². The number of amides is 1. The van der Waals surface area contributed by atoms with Gasteiger partial charge in [0, 0.05) is 25.6 Å². The number of rotatable bonds is 2. The van der Waals surface area contributed by atoms with E-state index in [0.717, 1.165) is 25.9 Å². The Morgan fingerprint density at radius 1 is 1.24 bits per heavy atom. The Balaban J connectivity index is 2.16. The number of hydrogen-bond donors (Lipinski definition) is 1. The van der Waals surface area contributed by atoms with Crippen molar-refractivity contribution in [1.82, 2.24) is 10.2 Å². The van der Waals surface area contributed by atoms with E-state index in [9.17, 15) is 4.79 Å². The minimum atomic E-state index is 0.0349. The molecule has 0 unspecified atom stereocenters. The van der Waals surface area contributed by atoms with Gasteiger partial charge in [0.15, 0.2) is 0 Å². The Hall–Kier alpha value is -1.35. The Labute approximate surface area is 103 Å². The summed E-state index contributed by atoms with van der Waals surface area (Å²) in [7, 11) is 2.01. The molecule has 1 aliphatic rings. The number of carbonyl (C=O) groups excluding carboxylic acids is 1. The highest BCUT2D eigenvalue weighted by atomic mass is 16.2. The van der Waals surface area contributed by atoms with Crippen LogP contribution in [-0.2, 0) is 10.3 Å². The van der Waals surface area contributed by atoms with E-state index < -0.39 is 0 Å². The first-order valence-corrected chi connectivity index (χ1v) is 6.18. The number of benzene rings is 1. The summed E-state index contributed by atoms with van der Waals surface area (Å²) in [6.07, 6.45) is 1.96. The standard InChI is InChI=1S/C14H20N2O/c1-12(17)16-10-8-14(15-2,9-11-16)13-6-4-3-5-7-13/h3-7,15H,8-11H2,1-2H3. The van der Waals surface area contributed by atoms with Gasteiger partial charge in [-0.05, 0) is 25.5 Å². The molecule has 0 bridgehead atoms. The van der Waals surface area contributed by atoms with Crippen LogP contribution in [0.5, 0.6) is 0 Å². The van der Waals surface area contributed by atoms with Gasteiger partial charge in [-0.3, -0.25) is 4.79 Å². The predicted molar refractivity (Wildman–Crippen MR) is 68.7 cm³/mol. The van der Waals surface area contributed by atoms with Gasteiger partial charge in [0.25, 0.3) is 0 Å². The van der Waals surface area contributed by atoms with Crippen LogP contribution in [0, 0.1) is 0 Å². The van der Waals surface area contributed by atoms with E-state index in [4.69, 9.17) is 0 Å². The molecule has 3 nitrogen and oxygen atoms in total. The highest BCUT2D eigenvalue weighted by Crippen LogP contribution is 2.32. The van der Waals surface area contributed by atoms with Crippen molar-refractivity contribution in [2.75, 3.05) is 20.1 Å². The minimum absolute atomic E-state index is 0.0349. The van der Waals surface area contributed by atoms with E-state index >= 15 is 0 Å². The normalized spacial score (nSPS) is 19.1. The molecule has 0 spiro atoms. The van der Waals surface area contributed by atoms with Crippen molar-refractivity contribution in [3.63, 3.8) is 0 Å². The molecule has 1 aromatic rings.